The van der Waals surface area contributed by atoms with Gasteiger partial charge in [-0.3, -0.25) is 24.0 Å². The van der Waals surface area contributed by atoms with Crippen molar-refractivity contribution < 1.29 is 39.3 Å². The lowest BCUT2D eigenvalue weighted by Gasteiger charge is -2.32. The fraction of sp³-hybridized carbons (Fsp3) is 0.564. The number of likely N-dealkylation sites (N-methyl/N-ethyl adjacent to an activating group) is 1. The predicted octanol–water partition coefficient (Wildman–Crippen LogP) is 3.06. The number of benzene rings is 2. The molecular formula is C39H60N6O8. The molecule has 0 bridgehead atoms. The second-order valence-electron chi connectivity index (χ2n) is 13.6. The molecule has 4 atom stereocenters. The highest BCUT2D eigenvalue weighted by molar-refractivity contribution is 5.95. The standard InChI is InChI=1S/C39H60N6O8/c1-6-7-8-9-10-14-34(49)41-21-19-35(50)44-31(13-11-12-20-40)39(53)45(5)36(38(52)43-27(4)37(51)42-26(3)24-46)28-16-18-33(48)30(23-28)29-22-25(2)15-17-32(29)47/h15-18,22-23,26-27,31,36,46-48H,6-14,19-21,24,40H2,1-5H3,(H,41,49)(H,42,51)(H,43,52)(H,44,50)/t26-,27-,31-,36-/m0/s1. The molecule has 0 saturated carbocycles. The first-order valence-corrected chi connectivity index (χ1v) is 18.6. The summed E-state index contributed by atoms with van der Waals surface area (Å²) in [5.74, 6) is -2.76. The van der Waals surface area contributed by atoms with Crippen molar-refractivity contribution in [3.63, 3.8) is 0 Å². The van der Waals surface area contributed by atoms with Gasteiger partial charge in [0.2, 0.25) is 29.5 Å². The van der Waals surface area contributed by atoms with Crippen LogP contribution in [-0.4, -0.2) is 94.6 Å². The Hall–Kier alpha value is -4.69. The number of phenols is 2. The summed E-state index contributed by atoms with van der Waals surface area (Å²) in [6.07, 6.45) is 6.69. The summed E-state index contributed by atoms with van der Waals surface area (Å²) >= 11 is 0. The van der Waals surface area contributed by atoms with Gasteiger partial charge in [-0.2, -0.15) is 0 Å². The van der Waals surface area contributed by atoms with Crippen LogP contribution >= 0.6 is 0 Å². The van der Waals surface area contributed by atoms with Crippen molar-refractivity contribution in [3.05, 3.63) is 47.5 Å². The number of rotatable bonds is 23. The van der Waals surface area contributed by atoms with Gasteiger partial charge >= 0.3 is 0 Å². The number of amides is 5. The van der Waals surface area contributed by atoms with Crippen LogP contribution in [0, 0.1) is 6.92 Å². The van der Waals surface area contributed by atoms with Crippen molar-refractivity contribution in [3.8, 4) is 22.6 Å². The molecule has 2 aromatic rings. The second kappa shape index (κ2) is 23.1. The Balaban J connectivity index is 2.39. The zero-order valence-electron chi connectivity index (χ0n) is 31.9. The molecule has 14 heteroatoms. The molecule has 0 aliphatic carbocycles. The summed E-state index contributed by atoms with van der Waals surface area (Å²) in [6.45, 7) is 7.17. The van der Waals surface area contributed by atoms with E-state index in [2.05, 4.69) is 28.2 Å². The molecule has 9 N–H and O–H groups in total. The van der Waals surface area contributed by atoms with E-state index in [9.17, 15) is 39.3 Å². The highest BCUT2D eigenvalue weighted by atomic mass is 16.3. The van der Waals surface area contributed by atoms with Crippen LogP contribution in [0.1, 0.15) is 102 Å². The van der Waals surface area contributed by atoms with E-state index < -0.39 is 47.8 Å². The van der Waals surface area contributed by atoms with Crippen LogP contribution in [0.15, 0.2) is 36.4 Å². The van der Waals surface area contributed by atoms with Crippen molar-refractivity contribution >= 4 is 29.5 Å². The number of carbonyl (C=O) groups is 5. The first-order chi connectivity index (χ1) is 25.2. The number of aliphatic hydroxyl groups is 1. The lowest BCUT2D eigenvalue weighted by atomic mass is 9.95. The van der Waals surface area contributed by atoms with Crippen LogP contribution < -0.4 is 27.0 Å². The first kappa shape index (κ1) is 44.5. The fourth-order valence-corrected chi connectivity index (χ4v) is 5.81. The van der Waals surface area contributed by atoms with Gasteiger partial charge < -0.3 is 47.2 Å². The molecule has 14 nitrogen and oxygen atoms in total. The van der Waals surface area contributed by atoms with E-state index in [4.69, 9.17) is 5.73 Å². The second-order valence-corrected chi connectivity index (χ2v) is 13.6. The monoisotopic (exact) mass is 740 g/mol. The number of hydrogen-bond acceptors (Lipinski definition) is 9. The molecule has 0 aliphatic rings. The van der Waals surface area contributed by atoms with Gasteiger partial charge in [0, 0.05) is 43.6 Å². The lowest BCUT2D eigenvalue weighted by Crippen LogP contribution is -2.54. The normalized spacial score (nSPS) is 13.3. The SMILES string of the molecule is CCCCCCCC(=O)NCCC(=O)N[C@@H](CCCCN)C(=O)N(C)[C@H](C(=O)N[C@@H](C)C(=O)N[C@@H](C)CO)c1ccc(O)c(-c2cc(C)ccc2O)c1. The molecule has 0 fully saturated rings. The van der Waals surface area contributed by atoms with Gasteiger partial charge in [-0.1, -0.05) is 50.3 Å². The molecule has 5 amide bonds. The molecule has 0 unspecified atom stereocenters. The van der Waals surface area contributed by atoms with Crippen molar-refractivity contribution in [1.29, 1.82) is 0 Å². The molecule has 0 radical (unpaired) electrons. The molecule has 0 aromatic heterocycles. The summed E-state index contributed by atoms with van der Waals surface area (Å²) in [5, 5.41) is 41.6. The zero-order chi connectivity index (χ0) is 39.5. The van der Waals surface area contributed by atoms with Crippen molar-refractivity contribution in [2.45, 2.75) is 116 Å². The number of phenolic OH excluding ortho intramolecular Hbond substituents is 2. The molecule has 0 aliphatic heterocycles. The van der Waals surface area contributed by atoms with Crippen molar-refractivity contribution in [2.75, 3.05) is 26.7 Å². The lowest BCUT2D eigenvalue weighted by molar-refractivity contribution is -0.143. The van der Waals surface area contributed by atoms with Gasteiger partial charge in [0.05, 0.1) is 6.61 Å². The number of hydrogen-bond donors (Lipinski definition) is 8. The van der Waals surface area contributed by atoms with Crippen molar-refractivity contribution in [2.24, 2.45) is 5.73 Å². The third-order valence-corrected chi connectivity index (χ3v) is 8.94. The molecule has 2 rings (SSSR count). The summed E-state index contributed by atoms with van der Waals surface area (Å²) in [4.78, 5) is 67.6. The van der Waals surface area contributed by atoms with Gasteiger partial charge in [-0.05, 0) is 82.8 Å². The number of unbranched alkanes of at least 4 members (excludes halogenated alkanes) is 5. The Labute approximate surface area is 313 Å². The van der Waals surface area contributed by atoms with Crippen LogP contribution in [0.2, 0.25) is 0 Å². The number of nitrogens with two attached hydrogens (primary N) is 1. The fourth-order valence-electron chi connectivity index (χ4n) is 5.81. The smallest absolute Gasteiger partial charge is 0.248 e. The largest absolute Gasteiger partial charge is 0.507 e. The number of nitrogens with zero attached hydrogens (tertiary/aromatic N) is 1. The molecule has 2 aromatic carbocycles. The van der Waals surface area contributed by atoms with E-state index in [1.807, 2.05) is 6.92 Å². The highest BCUT2D eigenvalue weighted by Gasteiger charge is 2.35. The summed E-state index contributed by atoms with van der Waals surface area (Å²) in [5.41, 5.74) is 7.29. The van der Waals surface area contributed by atoms with Gasteiger partial charge in [0.15, 0.2) is 0 Å². The number of carbonyl (C=O) groups excluding carboxylic acids is 5. The Kier molecular flexibility index (Phi) is 19.4. The minimum Gasteiger partial charge on any atom is -0.507 e. The van der Waals surface area contributed by atoms with E-state index in [0.717, 1.165) is 37.7 Å². The van der Waals surface area contributed by atoms with Crippen LogP contribution in [0.5, 0.6) is 11.5 Å². The predicted molar refractivity (Wildman–Crippen MR) is 204 cm³/mol. The maximum Gasteiger partial charge on any atom is 0.248 e. The third kappa shape index (κ3) is 14.7. The molecule has 0 saturated heterocycles. The van der Waals surface area contributed by atoms with E-state index >= 15 is 0 Å². The average molecular weight is 741 g/mol. The van der Waals surface area contributed by atoms with E-state index in [1.54, 1.807) is 19.1 Å². The third-order valence-electron chi connectivity index (χ3n) is 8.94. The minimum absolute atomic E-state index is 0.0595. The van der Waals surface area contributed by atoms with Gasteiger partial charge in [-0.15, -0.1) is 0 Å². The number of aryl methyl sites for hydroxylation is 1. The molecular weight excluding hydrogens is 680 g/mol. The number of nitrogens with one attached hydrogen (secondary N) is 4. The molecule has 53 heavy (non-hydrogen) atoms. The van der Waals surface area contributed by atoms with Gasteiger partial charge in [-0.25, -0.2) is 0 Å². The van der Waals surface area contributed by atoms with Gasteiger partial charge in [0.25, 0.3) is 0 Å². The maximum atomic E-state index is 14.2. The van der Waals surface area contributed by atoms with Crippen LogP contribution in [0.4, 0.5) is 0 Å². The minimum atomic E-state index is -1.36. The van der Waals surface area contributed by atoms with E-state index in [-0.39, 0.29) is 54.5 Å². The van der Waals surface area contributed by atoms with Crippen LogP contribution in [0.3, 0.4) is 0 Å². The first-order valence-electron chi connectivity index (χ1n) is 18.6. The number of aliphatic hydroxyl groups excluding tert-OH is 1. The van der Waals surface area contributed by atoms with E-state index in [0.29, 0.717) is 31.4 Å². The Bertz CT molecular complexity index is 1520. The number of aromatic hydroxyl groups is 2. The molecule has 294 valence electrons. The molecule has 0 heterocycles. The maximum absolute atomic E-state index is 14.2. The topological polar surface area (TPSA) is 223 Å². The highest BCUT2D eigenvalue weighted by Crippen LogP contribution is 2.38. The quantitative estimate of drug-likeness (QED) is 0.0783. The Morgan fingerprint density at radius 3 is 2.11 bits per heavy atom. The van der Waals surface area contributed by atoms with Gasteiger partial charge in [0.1, 0.15) is 29.6 Å². The average Bonchev–Trinajstić information content (AvgIpc) is 3.12. The summed E-state index contributed by atoms with van der Waals surface area (Å²) < 4.78 is 0. The van der Waals surface area contributed by atoms with E-state index in [1.165, 1.54) is 43.1 Å². The summed E-state index contributed by atoms with van der Waals surface area (Å²) in [6, 6.07) is 5.13. The van der Waals surface area contributed by atoms with Crippen LogP contribution in [0.25, 0.3) is 11.1 Å². The Morgan fingerprint density at radius 1 is 0.792 bits per heavy atom. The molecule has 0 spiro atoms. The van der Waals surface area contributed by atoms with Crippen LogP contribution in [-0.2, 0) is 24.0 Å². The summed E-state index contributed by atoms with van der Waals surface area (Å²) in [7, 11) is 1.41. The zero-order valence-corrected chi connectivity index (χ0v) is 31.9. The van der Waals surface area contributed by atoms with Crippen molar-refractivity contribution in [1.82, 2.24) is 26.2 Å². The Morgan fingerprint density at radius 2 is 1.45 bits per heavy atom.